The molecule has 0 aliphatic carbocycles. The van der Waals surface area contributed by atoms with Crippen molar-refractivity contribution in [3.05, 3.63) is 0 Å². The molecule has 0 heterocycles. The minimum Gasteiger partial charge on any atom is -0.444 e. The molecule has 0 aromatic carbocycles. The first-order valence-corrected chi connectivity index (χ1v) is 9.00. The van der Waals surface area contributed by atoms with Gasteiger partial charge in [-0.05, 0) is 32.1 Å². The summed E-state index contributed by atoms with van der Waals surface area (Å²) >= 11 is 0. The molecule has 20 heavy (non-hydrogen) atoms. The Labute approximate surface area is 130 Å². The van der Waals surface area contributed by atoms with Crippen LogP contribution in [0.15, 0.2) is 0 Å². The molecule has 0 atom stereocenters. The molecule has 0 amide bonds. The molecule has 0 aromatic rings. The van der Waals surface area contributed by atoms with Crippen molar-refractivity contribution in [1.82, 2.24) is 0 Å². The minimum atomic E-state index is 0.924. The average Bonchev–Trinajstić information content (AvgIpc) is 2.41. The summed E-state index contributed by atoms with van der Waals surface area (Å²) in [6, 6.07) is 0. The van der Waals surface area contributed by atoms with Gasteiger partial charge in [0.2, 0.25) is 0 Å². The number of hydrogen-bond donors (Lipinski definition) is 0. The highest BCUT2D eigenvalue weighted by Crippen LogP contribution is 2.12. The molecule has 122 valence electrons. The Morgan fingerprint density at radius 1 is 0.650 bits per heavy atom. The molecule has 0 bridgehead atoms. The van der Waals surface area contributed by atoms with Crippen LogP contribution >= 0.6 is 0 Å². The summed E-state index contributed by atoms with van der Waals surface area (Å²) in [4.78, 5) is 0. The van der Waals surface area contributed by atoms with E-state index in [1.54, 1.807) is 8.05 Å². The van der Waals surface area contributed by atoms with Crippen LogP contribution in [0.1, 0.15) is 79.6 Å². The molecule has 2 nitrogen and oxygen atoms in total. The smallest absolute Gasteiger partial charge is 0.257 e. The van der Waals surface area contributed by atoms with Gasteiger partial charge in [-0.2, -0.15) is 0 Å². The molecule has 0 aliphatic rings. The molecule has 0 fully saturated rings. The van der Waals surface area contributed by atoms with E-state index < -0.39 is 0 Å². The van der Waals surface area contributed by atoms with Crippen LogP contribution in [0.3, 0.4) is 0 Å². The van der Waals surface area contributed by atoms with Crippen LogP contribution < -0.4 is 0 Å². The molecule has 0 aromatic heterocycles. The van der Waals surface area contributed by atoms with Gasteiger partial charge in [0.25, 0.3) is 8.05 Å². The Balaban J connectivity index is 0. The molecule has 0 rings (SSSR count). The highest BCUT2D eigenvalue weighted by atomic mass is 16.4. The summed E-state index contributed by atoms with van der Waals surface area (Å²) < 4.78 is 6.22. The molecule has 0 saturated heterocycles. The van der Waals surface area contributed by atoms with Crippen molar-refractivity contribution >= 4 is 8.05 Å². The van der Waals surface area contributed by atoms with Crippen LogP contribution in [0.4, 0.5) is 0 Å². The Morgan fingerprint density at radius 2 is 1.05 bits per heavy atom. The number of hydrogen-bond acceptors (Lipinski definition) is 1. The van der Waals surface area contributed by atoms with Crippen molar-refractivity contribution < 1.29 is 9.14 Å². The first kappa shape index (κ1) is 22.3. The summed E-state index contributed by atoms with van der Waals surface area (Å²) in [6.45, 7) is 17.9. The van der Waals surface area contributed by atoms with Gasteiger partial charge in [-0.3, -0.25) is 0 Å². The van der Waals surface area contributed by atoms with Crippen LogP contribution in [0.25, 0.3) is 0 Å². The minimum absolute atomic E-state index is 0.924. The van der Waals surface area contributed by atoms with Gasteiger partial charge in [0.1, 0.15) is 0 Å². The van der Waals surface area contributed by atoms with Crippen LogP contribution in [0.2, 0.25) is 0 Å². The lowest BCUT2D eigenvalue weighted by atomic mass is 10.2. The second-order valence-electron chi connectivity index (χ2n) is 5.94. The van der Waals surface area contributed by atoms with Crippen LogP contribution in [-0.4, -0.2) is 45.3 Å². The van der Waals surface area contributed by atoms with Crippen LogP contribution in [-0.2, 0) is 4.65 Å². The number of unbranched alkanes of at least 4 members (excludes halogenated alkanes) is 2. The average molecular weight is 286 g/mol. The third-order valence-corrected chi connectivity index (χ3v) is 3.74. The van der Waals surface area contributed by atoms with E-state index in [4.69, 9.17) is 4.65 Å². The molecular weight excluding hydrogens is 245 g/mol. The number of rotatable bonds is 12. The zero-order valence-corrected chi connectivity index (χ0v) is 15.3. The monoisotopic (exact) mass is 286 g/mol. The van der Waals surface area contributed by atoms with Gasteiger partial charge in [0, 0.05) is 6.61 Å². The van der Waals surface area contributed by atoms with E-state index in [0.717, 1.165) is 6.61 Å². The third kappa shape index (κ3) is 13.0. The van der Waals surface area contributed by atoms with Gasteiger partial charge in [-0.25, -0.2) is 0 Å². The van der Waals surface area contributed by atoms with E-state index in [9.17, 15) is 0 Å². The lowest BCUT2D eigenvalue weighted by Gasteiger charge is -2.38. The van der Waals surface area contributed by atoms with Crippen molar-refractivity contribution in [1.29, 1.82) is 0 Å². The molecule has 3 heteroatoms. The fourth-order valence-electron chi connectivity index (χ4n) is 3.06. The lowest BCUT2D eigenvalue weighted by Crippen LogP contribution is -2.50. The molecule has 0 aliphatic heterocycles. The fraction of sp³-hybridized carbons (Fsp3) is 1.00. The maximum Gasteiger partial charge on any atom is 0.257 e. The quantitative estimate of drug-likeness (QED) is 0.297. The van der Waals surface area contributed by atoms with Gasteiger partial charge >= 0.3 is 0 Å². The second kappa shape index (κ2) is 17.0. The molecule has 0 radical (unpaired) electrons. The van der Waals surface area contributed by atoms with Crippen molar-refractivity contribution in [2.24, 2.45) is 0 Å². The van der Waals surface area contributed by atoms with Crippen molar-refractivity contribution in [2.75, 3.05) is 32.8 Å². The summed E-state index contributed by atoms with van der Waals surface area (Å²) in [6.07, 6.45) is 9.13. The zero-order chi connectivity index (χ0) is 15.7. The maximum absolute atomic E-state index is 4.84. The second-order valence-corrected chi connectivity index (χ2v) is 5.94. The Bertz CT molecular complexity index is 143. The van der Waals surface area contributed by atoms with Crippen molar-refractivity contribution in [2.45, 2.75) is 79.6 Å². The topological polar surface area (TPSA) is 9.23 Å². The zero-order valence-electron chi connectivity index (χ0n) is 15.3. The molecule has 0 unspecified atom stereocenters. The normalized spacial score (nSPS) is 11.1. The summed E-state index contributed by atoms with van der Waals surface area (Å²) in [5.41, 5.74) is 0. The van der Waals surface area contributed by atoms with Crippen LogP contribution in [0.5, 0.6) is 0 Å². The largest absolute Gasteiger partial charge is 0.444 e. The van der Waals surface area contributed by atoms with E-state index in [-0.39, 0.29) is 0 Å². The molecule has 0 saturated carbocycles. The Kier molecular flexibility index (Phi) is 19.0. The Morgan fingerprint density at radius 3 is 1.30 bits per heavy atom. The first-order valence-electron chi connectivity index (χ1n) is 9.00. The molecule has 0 N–H and O–H groups in total. The standard InChI is InChI=1S/C12H28N.C5H13BO/c1-5-9-13(10-6-2,11-7-3)12-8-4;1-2-3-4-5-7-6/h5-12H2,1-4H3;2-6H2,1H3/q+1;. The fourth-order valence-corrected chi connectivity index (χ4v) is 3.06. The molecular formula is C17H41BNO+. The van der Waals surface area contributed by atoms with Gasteiger partial charge < -0.3 is 9.14 Å². The maximum atomic E-state index is 4.84. The summed E-state index contributed by atoms with van der Waals surface area (Å²) in [5.74, 6) is 0. The summed E-state index contributed by atoms with van der Waals surface area (Å²) in [5, 5.41) is 0. The van der Waals surface area contributed by atoms with Crippen molar-refractivity contribution in [3.8, 4) is 0 Å². The first-order chi connectivity index (χ1) is 9.66. The van der Waals surface area contributed by atoms with Crippen LogP contribution in [0, 0.1) is 0 Å². The SMILES string of the molecule is BOCCCCC.CCC[N+](CCC)(CCC)CCC. The van der Waals surface area contributed by atoms with E-state index in [1.165, 1.54) is 75.6 Å². The van der Waals surface area contributed by atoms with E-state index in [1.807, 2.05) is 0 Å². The van der Waals surface area contributed by atoms with Gasteiger partial charge in [0.15, 0.2) is 0 Å². The van der Waals surface area contributed by atoms with E-state index in [0.29, 0.717) is 0 Å². The predicted octanol–water partition coefficient (Wildman–Crippen LogP) is 4.18. The van der Waals surface area contributed by atoms with Crippen molar-refractivity contribution in [3.63, 3.8) is 0 Å². The Hall–Kier alpha value is -0.0151. The third-order valence-electron chi connectivity index (χ3n) is 3.74. The van der Waals surface area contributed by atoms with Gasteiger partial charge in [-0.15, -0.1) is 0 Å². The van der Waals surface area contributed by atoms with Gasteiger partial charge in [0.05, 0.1) is 26.2 Å². The highest BCUT2D eigenvalue weighted by Gasteiger charge is 2.22. The lowest BCUT2D eigenvalue weighted by molar-refractivity contribution is -0.928. The van der Waals surface area contributed by atoms with Gasteiger partial charge in [-0.1, -0.05) is 47.5 Å². The predicted molar refractivity (Wildman–Crippen MR) is 94.9 cm³/mol. The van der Waals surface area contributed by atoms with E-state index in [2.05, 4.69) is 34.6 Å². The molecule has 0 spiro atoms. The summed E-state index contributed by atoms with van der Waals surface area (Å²) in [7, 11) is 1.75. The number of quaternary nitrogens is 1. The van der Waals surface area contributed by atoms with E-state index >= 15 is 0 Å². The highest BCUT2D eigenvalue weighted by molar-refractivity contribution is 5.97. The number of nitrogens with zero attached hydrogens (tertiary/aromatic N) is 1.